The van der Waals surface area contributed by atoms with E-state index >= 15 is 0 Å². The molecule has 0 saturated carbocycles. The van der Waals surface area contributed by atoms with Crippen LogP contribution in [0.4, 0.5) is 18.9 Å². The molecule has 0 amide bonds. The van der Waals surface area contributed by atoms with Crippen LogP contribution in [0.1, 0.15) is 18.4 Å². The van der Waals surface area contributed by atoms with Crippen LogP contribution in [0.15, 0.2) is 18.2 Å². The zero-order chi connectivity index (χ0) is 14.8. The highest BCUT2D eigenvalue weighted by molar-refractivity contribution is 5.43. The first-order chi connectivity index (χ1) is 9.36. The van der Waals surface area contributed by atoms with Crippen molar-refractivity contribution in [2.45, 2.75) is 19.0 Å². The molecule has 0 aliphatic carbocycles. The molecule has 0 N–H and O–H groups in total. The average molecular weight is 290 g/mol. The van der Waals surface area contributed by atoms with Crippen molar-refractivity contribution >= 4 is 5.69 Å². The lowest BCUT2D eigenvalue weighted by Crippen LogP contribution is -2.24. The zero-order valence-electron chi connectivity index (χ0n) is 10.5. The first-order valence-electron chi connectivity index (χ1n) is 6.08. The Balaban J connectivity index is 2.17. The monoisotopic (exact) mass is 290 g/mol. The Bertz CT molecular complexity index is 499. The van der Waals surface area contributed by atoms with Crippen LogP contribution < -0.4 is 4.74 Å². The molecule has 1 heterocycles. The van der Waals surface area contributed by atoms with E-state index in [-0.39, 0.29) is 12.5 Å². The number of likely N-dealkylation sites (tertiary alicyclic amines) is 1. The van der Waals surface area contributed by atoms with Gasteiger partial charge in [-0.1, -0.05) is 0 Å². The summed E-state index contributed by atoms with van der Waals surface area (Å²) in [6.07, 6.45) is -2.60. The van der Waals surface area contributed by atoms with Crippen LogP contribution in [0.5, 0.6) is 5.75 Å². The number of nitro benzene ring substituents is 1. The molecule has 8 heteroatoms. The molecule has 0 bridgehead atoms. The van der Waals surface area contributed by atoms with Crippen LogP contribution in [0.25, 0.3) is 0 Å². The topological polar surface area (TPSA) is 55.6 Å². The average Bonchev–Trinajstić information content (AvgIpc) is 2.88. The van der Waals surface area contributed by atoms with Gasteiger partial charge >= 0.3 is 6.18 Å². The maximum Gasteiger partial charge on any atom is 0.416 e. The Labute approximate surface area is 113 Å². The maximum absolute atomic E-state index is 12.7. The molecule has 0 aromatic heterocycles. The summed E-state index contributed by atoms with van der Waals surface area (Å²) in [6.45, 7) is 1.78. The third-order valence-corrected chi connectivity index (χ3v) is 3.04. The number of ether oxygens (including phenoxy) is 1. The Kier molecular flexibility index (Phi) is 4.12. The van der Waals surface area contributed by atoms with Gasteiger partial charge in [0.1, 0.15) is 12.5 Å². The smallest absolute Gasteiger partial charge is 0.416 e. The van der Waals surface area contributed by atoms with Gasteiger partial charge in [-0.15, -0.1) is 0 Å². The molecule has 5 nitrogen and oxygen atoms in total. The van der Waals surface area contributed by atoms with Crippen LogP contribution in [0, 0.1) is 10.1 Å². The second-order valence-electron chi connectivity index (χ2n) is 4.57. The molecule has 2 rings (SSSR count). The van der Waals surface area contributed by atoms with Crippen LogP contribution in [0.3, 0.4) is 0 Å². The Morgan fingerprint density at radius 2 is 1.90 bits per heavy atom. The highest BCUT2D eigenvalue weighted by Crippen LogP contribution is 2.34. The van der Waals surface area contributed by atoms with Crippen molar-refractivity contribution in [1.82, 2.24) is 4.90 Å². The number of alkyl halides is 3. The van der Waals surface area contributed by atoms with Gasteiger partial charge < -0.3 is 4.74 Å². The number of non-ortho nitro benzene ring substituents is 1. The molecule has 1 aromatic rings. The van der Waals surface area contributed by atoms with E-state index in [1.165, 1.54) is 0 Å². The van der Waals surface area contributed by atoms with Gasteiger partial charge in [-0.25, -0.2) is 0 Å². The standard InChI is InChI=1S/C12H13F3N2O3/c13-12(14,15)9-5-10(17(18)19)7-11(6-9)20-8-16-3-1-2-4-16/h5-7H,1-4,8H2. The highest BCUT2D eigenvalue weighted by Gasteiger charge is 2.33. The summed E-state index contributed by atoms with van der Waals surface area (Å²) in [6, 6.07) is 2.29. The minimum atomic E-state index is -4.64. The van der Waals surface area contributed by atoms with E-state index in [9.17, 15) is 23.3 Å². The van der Waals surface area contributed by atoms with E-state index in [4.69, 9.17) is 4.74 Å². The summed E-state index contributed by atoms with van der Waals surface area (Å²) in [7, 11) is 0. The summed E-state index contributed by atoms with van der Waals surface area (Å²) in [5.74, 6) is -0.140. The lowest BCUT2D eigenvalue weighted by molar-refractivity contribution is -0.385. The fraction of sp³-hybridized carbons (Fsp3) is 0.500. The second-order valence-corrected chi connectivity index (χ2v) is 4.57. The number of nitro groups is 1. The largest absolute Gasteiger partial charge is 0.478 e. The third kappa shape index (κ3) is 3.60. The zero-order valence-corrected chi connectivity index (χ0v) is 10.5. The molecule has 1 aromatic carbocycles. The second kappa shape index (κ2) is 5.66. The van der Waals surface area contributed by atoms with Gasteiger partial charge in [0.25, 0.3) is 5.69 Å². The fourth-order valence-electron chi connectivity index (χ4n) is 2.01. The quantitative estimate of drug-likeness (QED) is 0.631. The van der Waals surface area contributed by atoms with Crippen LogP contribution in [-0.4, -0.2) is 29.6 Å². The highest BCUT2D eigenvalue weighted by atomic mass is 19.4. The minimum Gasteiger partial charge on any atom is -0.478 e. The molecule has 0 radical (unpaired) electrons. The first-order valence-corrected chi connectivity index (χ1v) is 6.08. The van der Waals surface area contributed by atoms with Gasteiger partial charge in [-0.05, 0) is 18.9 Å². The van der Waals surface area contributed by atoms with Gasteiger partial charge in [0.05, 0.1) is 16.6 Å². The van der Waals surface area contributed by atoms with Crippen molar-refractivity contribution in [3.05, 3.63) is 33.9 Å². The summed E-state index contributed by atoms with van der Waals surface area (Å²) in [5.41, 5.74) is -1.71. The lowest BCUT2D eigenvalue weighted by Gasteiger charge is -2.16. The van der Waals surface area contributed by atoms with Gasteiger partial charge in [-0.3, -0.25) is 15.0 Å². The van der Waals surface area contributed by atoms with E-state index < -0.39 is 22.4 Å². The SMILES string of the molecule is O=[N+]([O-])c1cc(OCN2CCCC2)cc(C(F)(F)F)c1. The first kappa shape index (κ1) is 14.6. The van der Waals surface area contributed by atoms with Gasteiger partial charge in [0.2, 0.25) is 0 Å². The van der Waals surface area contributed by atoms with E-state index in [0.717, 1.165) is 38.1 Å². The molecule has 1 aliphatic heterocycles. The van der Waals surface area contributed by atoms with Gasteiger partial charge in [0.15, 0.2) is 0 Å². The number of halogens is 3. The number of hydrogen-bond donors (Lipinski definition) is 0. The van der Waals surface area contributed by atoms with Crippen molar-refractivity contribution in [2.75, 3.05) is 19.8 Å². The Hall–Kier alpha value is -1.83. The third-order valence-electron chi connectivity index (χ3n) is 3.04. The summed E-state index contributed by atoms with van der Waals surface area (Å²) < 4.78 is 43.2. The molecule has 110 valence electrons. The summed E-state index contributed by atoms with van der Waals surface area (Å²) in [5, 5.41) is 10.7. The predicted octanol–water partition coefficient (Wildman–Crippen LogP) is 3.05. The fourth-order valence-corrected chi connectivity index (χ4v) is 2.01. The van der Waals surface area contributed by atoms with Crippen molar-refractivity contribution in [2.24, 2.45) is 0 Å². The molecule has 0 unspecified atom stereocenters. The molecular weight excluding hydrogens is 277 g/mol. The van der Waals surface area contributed by atoms with Crippen LogP contribution in [-0.2, 0) is 6.18 Å². The minimum absolute atomic E-state index is 0.137. The van der Waals surface area contributed by atoms with E-state index in [1.807, 2.05) is 4.90 Å². The number of rotatable bonds is 4. The molecule has 1 saturated heterocycles. The lowest BCUT2D eigenvalue weighted by atomic mass is 10.2. The molecule has 20 heavy (non-hydrogen) atoms. The van der Waals surface area contributed by atoms with E-state index in [1.54, 1.807) is 0 Å². The molecule has 1 fully saturated rings. The predicted molar refractivity (Wildman–Crippen MR) is 64.4 cm³/mol. The summed E-state index contributed by atoms with van der Waals surface area (Å²) >= 11 is 0. The van der Waals surface area contributed by atoms with Gasteiger partial charge in [-0.2, -0.15) is 13.2 Å². The van der Waals surface area contributed by atoms with Crippen molar-refractivity contribution in [1.29, 1.82) is 0 Å². The number of nitrogens with zero attached hydrogens (tertiary/aromatic N) is 2. The maximum atomic E-state index is 12.7. The molecule has 1 aliphatic rings. The molecular formula is C12H13F3N2O3. The normalized spacial score (nSPS) is 16.4. The molecule has 0 spiro atoms. The van der Waals surface area contributed by atoms with Crippen molar-refractivity contribution < 1.29 is 22.8 Å². The Morgan fingerprint density at radius 3 is 2.45 bits per heavy atom. The van der Waals surface area contributed by atoms with Crippen molar-refractivity contribution in [3.8, 4) is 5.75 Å². The summed E-state index contributed by atoms with van der Waals surface area (Å²) in [4.78, 5) is 11.7. The molecule has 0 atom stereocenters. The Morgan fingerprint density at radius 1 is 1.25 bits per heavy atom. The number of benzene rings is 1. The van der Waals surface area contributed by atoms with Crippen LogP contribution >= 0.6 is 0 Å². The van der Waals surface area contributed by atoms with E-state index in [0.29, 0.717) is 6.07 Å². The van der Waals surface area contributed by atoms with E-state index in [2.05, 4.69) is 0 Å². The van der Waals surface area contributed by atoms with Crippen LogP contribution in [0.2, 0.25) is 0 Å². The number of hydrogen-bond acceptors (Lipinski definition) is 4. The van der Waals surface area contributed by atoms with Gasteiger partial charge in [0, 0.05) is 19.2 Å². The van der Waals surface area contributed by atoms with Crippen molar-refractivity contribution in [3.63, 3.8) is 0 Å².